The van der Waals surface area contributed by atoms with Crippen molar-refractivity contribution in [3.05, 3.63) is 29.8 Å². The van der Waals surface area contributed by atoms with Gasteiger partial charge in [0.25, 0.3) is 0 Å². The van der Waals surface area contributed by atoms with Crippen molar-refractivity contribution in [2.24, 2.45) is 5.73 Å². The third-order valence-corrected chi connectivity index (χ3v) is 2.43. The lowest BCUT2D eigenvalue weighted by Gasteiger charge is -2.19. The second-order valence-electron chi connectivity index (χ2n) is 5.46. The van der Waals surface area contributed by atoms with Crippen LogP contribution in [0.15, 0.2) is 24.3 Å². The lowest BCUT2D eigenvalue weighted by molar-refractivity contribution is -0.0375. The molecule has 2 N–H and O–H groups in total. The van der Waals surface area contributed by atoms with Crippen LogP contribution in [0, 0.1) is 11.8 Å². The van der Waals surface area contributed by atoms with E-state index in [2.05, 4.69) is 11.8 Å². The number of nitrogens with two attached hydrogens (primary N) is 1. The van der Waals surface area contributed by atoms with E-state index < -0.39 is 0 Å². The Morgan fingerprint density at radius 1 is 1.10 bits per heavy atom. The SMILES string of the molecule is CC(C)(C)OCCOCCOc1cccc(C#CCN)c1. The molecule has 0 fully saturated rings. The Morgan fingerprint density at radius 3 is 2.57 bits per heavy atom. The molecule has 1 aromatic rings. The summed E-state index contributed by atoms with van der Waals surface area (Å²) in [6.07, 6.45) is 0. The molecular formula is C17H25NO3. The van der Waals surface area contributed by atoms with Gasteiger partial charge < -0.3 is 19.9 Å². The quantitative estimate of drug-likeness (QED) is 0.618. The van der Waals surface area contributed by atoms with Crippen LogP contribution < -0.4 is 10.5 Å². The molecule has 0 radical (unpaired) electrons. The number of benzene rings is 1. The molecular weight excluding hydrogens is 266 g/mol. The number of ether oxygens (including phenoxy) is 3. The Labute approximate surface area is 127 Å². The summed E-state index contributed by atoms with van der Waals surface area (Å²) < 4.78 is 16.6. The summed E-state index contributed by atoms with van der Waals surface area (Å²) in [4.78, 5) is 0. The fourth-order valence-electron chi connectivity index (χ4n) is 1.54. The molecule has 0 saturated heterocycles. The molecule has 0 aliphatic heterocycles. The summed E-state index contributed by atoms with van der Waals surface area (Å²) in [5.41, 5.74) is 6.13. The zero-order chi connectivity index (χ0) is 15.6. The van der Waals surface area contributed by atoms with E-state index in [0.29, 0.717) is 33.0 Å². The van der Waals surface area contributed by atoms with E-state index in [-0.39, 0.29) is 5.60 Å². The molecule has 0 bridgehead atoms. The number of hydrogen-bond donors (Lipinski definition) is 1. The molecule has 0 atom stereocenters. The summed E-state index contributed by atoms with van der Waals surface area (Å²) in [6.45, 7) is 8.63. The van der Waals surface area contributed by atoms with Gasteiger partial charge in [-0.1, -0.05) is 17.9 Å². The molecule has 0 aliphatic rings. The second kappa shape index (κ2) is 9.41. The standard InChI is InChI=1S/C17H25NO3/c1-17(2,3)21-13-11-19-10-12-20-16-8-4-6-15(14-16)7-5-9-18/h4,6,8,14H,9-13,18H2,1-3H3. The van der Waals surface area contributed by atoms with Crippen LogP contribution in [0.4, 0.5) is 0 Å². The van der Waals surface area contributed by atoms with Gasteiger partial charge in [0.15, 0.2) is 0 Å². The van der Waals surface area contributed by atoms with Gasteiger partial charge in [0.1, 0.15) is 12.4 Å². The van der Waals surface area contributed by atoms with Gasteiger partial charge in [0.05, 0.1) is 32.0 Å². The molecule has 21 heavy (non-hydrogen) atoms. The van der Waals surface area contributed by atoms with E-state index >= 15 is 0 Å². The Balaban J connectivity index is 2.18. The first-order valence-electron chi connectivity index (χ1n) is 7.15. The fourth-order valence-corrected chi connectivity index (χ4v) is 1.54. The minimum Gasteiger partial charge on any atom is -0.491 e. The summed E-state index contributed by atoms with van der Waals surface area (Å²) in [6, 6.07) is 7.63. The number of rotatable bonds is 7. The first-order valence-corrected chi connectivity index (χ1v) is 7.15. The van der Waals surface area contributed by atoms with Crippen molar-refractivity contribution in [1.82, 2.24) is 0 Å². The van der Waals surface area contributed by atoms with Crippen LogP contribution in [0.25, 0.3) is 0 Å². The minimum absolute atomic E-state index is 0.120. The molecule has 0 unspecified atom stereocenters. The van der Waals surface area contributed by atoms with Crippen molar-refractivity contribution in [2.45, 2.75) is 26.4 Å². The second-order valence-corrected chi connectivity index (χ2v) is 5.46. The Hall–Kier alpha value is -1.54. The van der Waals surface area contributed by atoms with E-state index in [0.717, 1.165) is 11.3 Å². The van der Waals surface area contributed by atoms with E-state index in [9.17, 15) is 0 Å². The zero-order valence-corrected chi connectivity index (χ0v) is 13.1. The average molecular weight is 291 g/mol. The molecule has 1 rings (SSSR count). The van der Waals surface area contributed by atoms with Crippen molar-refractivity contribution < 1.29 is 14.2 Å². The lowest BCUT2D eigenvalue weighted by Crippen LogP contribution is -2.22. The molecule has 0 aliphatic carbocycles. The van der Waals surface area contributed by atoms with Crippen LogP contribution in [0.1, 0.15) is 26.3 Å². The van der Waals surface area contributed by atoms with Crippen LogP contribution in [0.2, 0.25) is 0 Å². The molecule has 4 heteroatoms. The predicted octanol–water partition coefficient (Wildman–Crippen LogP) is 2.21. The van der Waals surface area contributed by atoms with Crippen molar-refractivity contribution in [3.63, 3.8) is 0 Å². The predicted molar refractivity (Wildman–Crippen MR) is 84.4 cm³/mol. The Kier molecular flexibility index (Phi) is 7.84. The van der Waals surface area contributed by atoms with E-state index in [1.807, 2.05) is 45.0 Å². The lowest BCUT2D eigenvalue weighted by atomic mass is 10.2. The summed E-state index contributed by atoms with van der Waals surface area (Å²) in [5, 5.41) is 0. The van der Waals surface area contributed by atoms with Gasteiger partial charge in [-0.05, 0) is 39.0 Å². The molecule has 0 heterocycles. The van der Waals surface area contributed by atoms with Gasteiger partial charge in [0.2, 0.25) is 0 Å². The van der Waals surface area contributed by atoms with Crippen molar-refractivity contribution in [1.29, 1.82) is 0 Å². The fraction of sp³-hybridized carbons (Fsp3) is 0.529. The highest BCUT2D eigenvalue weighted by Crippen LogP contribution is 2.12. The largest absolute Gasteiger partial charge is 0.491 e. The van der Waals surface area contributed by atoms with Crippen LogP contribution in [-0.4, -0.2) is 38.6 Å². The van der Waals surface area contributed by atoms with Gasteiger partial charge in [-0.2, -0.15) is 0 Å². The topological polar surface area (TPSA) is 53.7 Å². The Bertz CT molecular complexity index is 469. The molecule has 0 saturated carbocycles. The average Bonchev–Trinajstić information content (AvgIpc) is 2.43. The van der Waals surface area contributed by atoms with E-state index in [1.54, 1.807) is 0 Å². The van der Waals surface area contributed by atoms with Crippen LogP contribution in [0.3, 0.4) is 0 Å². The number of hydrogen-bond acceptors (Lipinski definition) is 4. The third kappa shape index (κ3) is 9.09. The molecule has 0 amide bonds. The smallest absolute Gasteiger partial charge is 0.120 e. The van der Waals surface area contributed by atoms with Gasteiger partial charge in [-0.15, -0.1) is 0 Å². The third-order valence-electron chi connectivity index (χ3n) is 2.43. The summed E-state index contributed by atoms with van der Waals surface area (Å²) in [7, 11) is 0. The normalized spacial score (nSPS) is 10.9. The molecule has 116 valence electrons. The van der Waals surface area contributed by atoms with Crippen molar-refractivity contribution in [3.8, 4) is 17.6 Å². The van der Waals surface area contributed by atoms with Gasteiger partial charge in [-0.3, -0.25) is 0 Å². The maximum absolute atomic E-state index is 5.61. The monoisotopic (exact) mass is 291 g/mol. The molecule has 0 aromatic heterocycles. The zero-order valence-electron chi connectivity index (χ0n) is 13.1. The Morgan fingerprint density at radius 2 is 1.86 bits per heavy atom. The molecule has 0 spiro atoms. The summed E-state index contributed by atoms with van der Waals surface area (Å²) in [5.74, 6) is 6.58. The van der Waals surface area contributed by atoms with E-state index in [1.165, 1.54) is 0 Å². The summed E-state index contributed by atoms with van der Waals surface area (Å²) >= 11 is 0. The first kappa shape index (κ1) is 17.5. The highest BCUT2D eigenvalue weighted by Gasteiger charge is 2.08. The minimum atomic E-state index is -0.120. The van der Waals surface area contributed by atoms with Crippen LogP contribution >= 0.6 is 0 Å². The molecule has 4 nitrogen and oxygen atoms in total. The molecule has 1 aromatic carbocycles. The maximum atomic E-state index is 5.61. The van der Waals surface area contributed by atoms with Gasteiger partial charge in [0, 0.05) is 5.56 Å². The first-order chi connectivity index (χ1) is 10.0. The highest BCUT2D eigenvalue weighted by atomic mass is 16.5. The van der Waals surface area contributed by atoms with Gasteiger partial charge >= 0.3 is 0 Å². The highest BCUT2D eigenvalue weighted by molar-refractivity contribution is 5.39. The van der Waals surface area contributed by atoms with Gasteiger partial charge in [-0.25, -0.2) is 0 Å². The van der Waals surface area contributed by atoms with Crippen molar-refractivity contribution >= 4 is 0 Å². The maximum Gasteiger partial charge on any atom is 0.120 e. The van der Waals surface area contributed by atoms with Crippen LogP contribution in [0.5, 0.6) is 5.75 Å². The van der Waals surface area contributed by atoms with Crippen molar-refractivity contribution in [2.75, 3.05) is 33.0 Å². The van der Waals surface area contributed by atoms with Crippen LogP contribution in [-0.2, 0) is 9.47 Å². The van der Waals surface area contributed by atoms with E-state index in [4.69, 9.17) is 19.9 Å².